The van der Waals surface area contributed by atoms with Gasteiger partial charge in [0, 0.05) is 5.69 Å². The van der Waals surface area contributed by atoms with Crippen molar-refractivity contribution in [3.63, 3.8) is 0 Å². The summed E-state index contributed by atoms with van der Waals surface area (Å²) in [5.41, 5.74) is -1.92. The van der Waals surface area contributed by atoms with Crippen molar-refractivity contribution in [3.8, 4) is 0 Å². The molecule has 98 valence electrons. The van der Waals surface area contributed by atoms with E-state index in [9.17, 15) is 22.4 Å². The van der Waals surface area contributed by atoms with Crippen LogP contribution >= 0.6 is 0 Å². The molecule has 0 aromatic heterocycles. The van der Waals surface area contributed by atoms with Crippen LogP contribution < -0.4 is 5.32 Å². The van der Waals surface area contributed by atoms with Gasteiger partial charge >= 0.3 is 12.1 Å². The molecule has 0 spiro atoms. The maximum atomic E-state index is 13.4. The van der Waals surface area contributed by atoms with Gasteiger partial charge in [0.05, 0.1) is 7.11 Å². The Morgan fingerprint density at radius 1 is 1.22 bits per heavy atom. The van der Waals surface area contributed by atoms with Gasteiger partial charge in [0.25, 0.3) is 0 Å². The first-order chi connectivity index (χ1) is 8.36. The molecule has 0 amide bonds. The van der Waals surface area contributed by atoms with Crippen molar-refractivity contribution in [2.24, 2.45) is 0 Å². The maximum absolute atomic E-state index is 13.4. The van der Waals surface area contributed by atoms with Crippen LogP contribution in [0.25, 0.3) is 0 Å². The third-order valence-corrected chi connectivity index (χ3v) is 1.92. The first-order valence-corrected chi connectivity index (χ1v) is 4.73. The molecule has 0 aliphatic rings. The van der Waals surface area contributed by atoms with E-state index in [1.807, 2.05) is 5.32 Å². The van der Waals surface area contributed by atoms with E-state index in [0.717, 1.165) is 7.11 Å². The molecule has 3 nitrogen and oxygen atoms in total. The van der Waals surface area contributed by atoms with E-state index < -0.39 is 23.7 Å². The Morgan fingerprint density at radius 3 is 2.22 bits per heavy atom. The fourth-order valence-electron chi connectivity index (χ4n) is 1.14. The number of alkyl halides is 3. The van der Waals surface area contributed by atoms with Gasteiger partial charge in [0.15, 0.2) is 5.57 Å². The number of esters is 1. The lowest BCUT2D eigenvalue weighted by atomic mass is 10.2. The first kappa shape index (κ1) is 14.0. The van der Waals surface area contributed by atoms with E-state index in [-0.39, 0.29) is 5.69 Å². The van der Waals surface area contributed by atoms with Crippen LogP contribution in [0, 0.1) is 0 Å². The predicted molar refractivity (Wildman–Crippen MR) is 56.3 cm³/mol. The highest BCUT2D eigenvalue weighted by molar-refractivity contribution is 5.90. The number of rotatable bonds is 3. The second-order valence-corrected chi connectivity index (χ2v) is 3.17. The standard InChI is InChI=1S/C11H9F4NO2/c1-18-10(17)8(11(13,14)15)9(12)16-7-5-3-2-4-6-7/h2-6,16H,1H3/b9-8+. The number of benzene rings is 1. The molecule has 0 fully saturated rings. The second-order valence-electron chi connectivity index (χ2n) is 3.17. The average molecular weight is 263 g/mol. The van der Waals surface area contributed by atoms with Gasteiger partial charge in [-0.2, -0.15) is 17.6 Å². The summed E-state index contributed by atoms with van der Waals surface area (Å²) >= 11 is 0. The second kappa shape index (κ2) is 5.52. The molecular formula is C11H9F4NO2. The van der Waals surface area contributed by atoms with E-state index >= 15 is 0 Å². The number of carbonyl (C=O) groups excluding carboxylic acids is 1. The largest absolute Gasteiger partial charge is 0.465 e. The lowest BCUT2D eigenvalue weighted by Crippen LogP contribution is -2.24. The molecule has 0 aliphatic heterocycles. The van der Waals surface area contributed by atoms with E-state index in [1.165, 1.54) is 24.3 Å². The monoisotopic (exact) mass is 263 g/mol. The van der Waals surface area contributed by atoms with Crippen molar-refractivity contribution in [2.75, 3.05) is 12.4 Å². The summed E-state index contributed by atoms with van der Waals surface area (Å²) in [4.78, 5) is 10.9. The van der Waals surface area contributed by atoms with Gasteiger partial charge in [-0.05, 0) is 12.1 Å². The lowest BCUT2D eigenvalue weighted by molar-refractivity contribution is -0.148. The smallest absolute Gasteiger partial charge is 0.427 e. The molecular weight excluding hydrogens is 254 g/mol. The summed E-state index contributed by atoms with van der Waals surface area (Å²) in [5, 5.41) is 1.86. The van der Waals surface area contributed by atoms with Crippen molar-refractivity contribution >= 4 is 11.7 Å². The van der Waals surface area contributed by atoms with Crippen LogP contribution in [0.5, 0.6) is 0 Å². The van der Waals surface area contributed by atoms with E-state index in [4.69, 9.17) is 0 Å². The summed E-state index contributed by atoms with van der Waals surface area (Å²) in [6, 6.07) is 7.31. The van der Waals surface area contributed by atoms with Crippen LogP contribution in [0.1, 0.15) is 0 Å². The molecule has 1 rings (SSSR count). The van der Waals surface area contributed by atoms with Crippen LogP contribution in [0.4, 0.5) is 23.2 Å². The molecule has 0 saturated heterocycles. The fraction of sp³-hybridized carbons (Fsp3) is 0.182. The van der Waals surface area contributed by atoms with Gasteiger partial charge in [-0.25, -0.2) is 4.79 Å². The normalized spacial score (nSPS) is 12.7. The van der Waals surface area contributed by atoms with Crippen molar-refractivity contribution in [1.82, 2.24) is 0 Å². The molecule has 1 aromatic rings. The van der Waals surface area contributed by atoms with Crippen molar-refractivity contribution in [2.45, 2.75) is 6.18 Å². The minimum Gasteiger partial charge on any atom is -0.465 e. The van der Waals surface area contributed by atoms with Gasteiger partial charge in [0.2, 0.25) is 5.95 Å². The lowest BCUT2D eigenvalue weighted by Gasteiger charge is -2.12. The van der Waals surface area contributed by atoms with Crippen LogP contribution in [0.2, 0.25) is 0 Å². The number of ether oxygens (including phenoxy) is 1. The maximum Gasteiger partial charge on any atom is 0.427 e. The predicted octanol–water partition coefficient (Wildman–Crippen LogP) is 3.01. The highest BCUT2D eigenvalue weighted by Gasteiger charge is 2.43. The highest BCUT2D eigenvalue weighted by atomic mass is 19.4. The molecule has 0 radical (unpaired) electrons. The number of halogens is 4. The average Bonchev–Trinajstić information content (AvgIpc) is 2.28. The molecule has 1 aromatic carbocycles. The zero-order valence-electron chi connectivity index (χ0n) is 9.22. The van der Waals surface area contributed by atoms with Crippen molar-refractivity contribution in [3.05, 3.63) is 41.9 Å². The SMILES string of the molecule is COC(=O)/C(=C(/F)Nc1ccccc1)C(F)(F)F. The van der Waals surface area contributed by atoms with Crippen molar-refractivity contribution in [1.29, 1.82) is 0 Å². The van der Waals surface area contributed by atoms with Crippen LogP contribution in [0.15, 0.2) is 41.9 Å². The molecule has 0 unspecified atom stereocenters. The van der Waals surface area contributed by atoms with Gasteiger partial charge in [0.1, 0.15) is 0 Å². The number of methoxy groups -OCH3 is 1. The number of carbonyl (C=O) groups is 1. The van der Waals surface area contributed by atoms with Crippen LogP contribution in [-0.2, 0) is 9.53 Å². The Hall–Kier alpha value is -2.05. The van der Waals surface area contributed by atoms with Crippen LogP contribution in [-0.4, -0.2) is 19.3 Å². The summed E-state index contributed by atoms with van der Waals surface area (Å²) in [5.74, 6) is -3.59. The molecule has 18 heavy (non-hydrogen) atoms. The number of hydrogen-bond donors (Lipinski definition) is 1. The molecule has 1 N–H and O–H groups in total. The van der Waals surface area contributed by atoms with Crippen molar-refractivity contribution < 1.29 is 27.1 Å². The quantitative estimate of drug-likeness (QED) is 0.394. The Balaban J connectivity index is 3.09. The number of para-hydroxylation sites is 1. The Morgan fingerprint density at radius 2 is 1.78 bits per heavy atom. The third kappa shape index (κ3) is 3.47. The summed E-state index contributed by atoms with van der Waals surface area (Å²) in [6.45, 7) is 0. The minimum absolute atomic E-state index is 0.0839. The van der Waals surface area contributed by atoms with Gasteiger partial charge in [-0.1, -0.05) is 18.2 Å². The number of hydrogen-bond acceptors (Lipinski definition) is 3. The molecule has 7 heteroatoms. The number of nitrogens with one attached hydrogen (secondary N) is 1. The van der Waals surface area contributed by atoms with Gasteiger partial charge in [-0.3, -0.25) is 0 Å². The highest BCUT2D eigenvalue weighted by Crippen LogP contribution is 2.30. The molecule has 0 bridgehead atoms. The molecule has 0 aliphatic carbocycles. The topological polar surface area (TPSA) is 38.3 Å². The summed E-state index contributed by atoms with van der Waals surface area (Å²) in [7, 11) is 0.740. The molecule has 0 heterocycles. The zero-order chi connectivity index (χ0) is 13.8. The van der Waals surface area contributed by atoms with Crippen LogP contribution in [0.3, 0.4) is 0 Å². The first-order valence-electron chi connectivity index (χ1n) is 4.73. The van der Waals surface area contributed by atoms with E-state index in [1.54, 1.807) is 6.07 Å². The molecule has 0 atom stereocenters. The fourth-order valence-corrected chi connectivity index (χ4v) is 1.14. The molecule has 0 saturated carbocycles. The summed E-state index contributed by atoms with van der Waals surface area (Å²) in [6.07, 6.45) is -5.14. The number of anilines is 1. The zero-order valence-corrected chi connectivity index (χ0v) is 9.22. The van der Waals surface area contributed by atoms with Gasteiger partial charge in [-0.15, -0.1) is 0 Å². The Kier molecular flexibility index (Phi) is 4.30. The third-order valence-electron chi connectivity index (χ3n) is 1.92. The van der Waals surface area contributed by atoms with Gasteiger partial charge < -0.3 is 10.1 Å². The van der Waals surface area contributed by atoms with E-state index in [2.05, 4.69) is 4.74 Å². The minimum atomic E-state index is -5.14. The Labute approximate surface area is 100 Å². The van der Waals surface area contributed by atoms with E-state index in [0.29, 0.717) is 0 Å². The summed E-state index contributed by atoms with van der Waals surface area (Å²) < 4.78 is 54.8. The Bertz CT molecular complexity index is 454.